The average Bonchev–Trinajstić information content (AvgIpc) is 3.14. The van der Waals surface area contributed by atoms with E-state index in [0.29, 0.717) is 11.9 Å². The number of nitrogens with one attached hydrogen (secondary N) is 1. The molecule has 0 aliphatic carbocycles. The molecule has 8 nitrogen and oxygen atoms in total. The van der Waals surface area contributed by atoms with Crippen LogP contribution in [0.4, 0.5) is 5.95 Å². The number of methoxy groups -OCH3 is 1. The highest BCUT2D eigenvalue weighted by atomic mass is 16.5. The van der Waals surface area contributed by atoms with Gasteiger partial charge in [-0.25, -0.2) is 9.97 Å². The number of pyridine rings is 1. The quantitative estimate of drug-likeness (QED) is 0.573. The van der Waals surface area contributed by atoms with Crippen molar-refractivity contribution in [2.24, 2.45) is 0 Å². The number of para-hydroxylation sites is 1. The van der Waals surface area contributed by atoms with Gasteiger partial charge in [-0.3, -0.25) is 9.88 Å². The lowest BCUT2D eigenvalue weighted by atomic mass is 9.92. The van der Waals surface area contributed by atoms with Crippen molar-refractivity contribution in [3.63, 3.8) is 0 Å². The Kier molecular flexibility index (Phi) is 4.05. The van der Waals surface area contributed by atoms with Gasteiger partial charge in [0.05, 0.1) is 13.7 Å². The van der Waals surface area contributed by atoms with Crippen molar-refractivity contribution in [1.82, 2.24) is 29.5 Å². The fourth-order valence-electron chi connectivity index (χ4n) is 3.79. The maximum absolute atomic E-state index is 5.47. The van der Waals surface area contributed by atoms with Gasteiger partial charge in [-0.1, -0.05) is 6.07 Å². The molecule has 0 unspecified atom stereocenters. The highest BCUT2D eigenvalue weighted by Gasteiger charge is 2.29. The van der Waals surface area contributed by atoms with Gasteiger partial charge in [0.1, 0.15) is 11.3 Å². The summed E-state index contributed by atoms with van der Waals surface area (Å²) < 4.78 is 7.24. The monoisotopic (exact) mass is 375 g/mol. The van der Waals surface area contributed by atoms with E-state index in [1.54, 1.807) is 11.6 Å². The molecule has 28 heavy (non-hydrogen) atoms. The molecule has 1 aromatic carbocycles. The first-order valence-electron chi connectivity index (χ1n) is 9.29. The average molecular weight is 375 g/mol. The van der Waals surface area contributed by atoms with Gasteiger partial charge in [-0.05, 0) is 29.8 Å². The lowest BCUT2D eigenvalue weighted by Crippen LogP contribution is -2.44. The molecule has 0 spiro atoms. The van der Waals surface area contributed by atoms with Crippen LogP contribution in [0.2, 0.25) is 0 Å². The molecule has 1 aliphatic heterocycles. The fourth-order valence-corrected chi connectivity index (χ4v) is 3.79. The Morgan fingerprint density at radius 3 is 2.71 bits per heavy atom. The zero-order valence-electron chi connectivity index (χ0n) is 15.8. The van der Waals surface area contributed by atoms with Crippen LogP contribution in [0.5, 0.6) is 5.75 Å². The molecule has 142 valence electrons. The molecule has 0 radical (unpaired) electrons. The van der Waals surface area contributed by atoms with Crippen molar-refractivity contribution >= 4 is 22.5 Å². The lowest BCUT2D eigenvalue weighted by Gasteiger charge is -2.38. The topological polar surface area (TPSA) is 80.5 Å². The van der Waals surface area contributed by atoms with Crippen LogP contribution in [-0.2, 0) is 6.54 Å². The van der Waals surface area contributed by atoms with E-state index in [0.717, 1.165) is 47.8 Å². The van der Waals surface area contributed by atoms with Crippen molar-refractivity contribution in [3.8, 4) is 5.75 Å². The molecule has 1 N–H and O–H groups in total. The van der Waals surface area contributed by atoms with Gasteiger partial charge >= 0.3 is 0 Å². The zero-order valence-corrected chi connectivity index (χ0v) is 15.8. The van der Waals surface area contributed by atoms with Gasteiger partial charge in [0.25, 0.3) is 0 Å². The molecule has 8 heteroatoms. The molecule has 0 bridgehead atoms. The van der Waals surface area contributed by atoms with E-state index in [4.69, 9.17) is 14.8 Å². The summed E-state index contributed by atoms with van der Waals surface area (Å²) in [6, 6.07) is 10.0. The highest BCUT2D eigenvalue weighted by Crippen LogP contribution is 2.30. The number of rotatable bonds is 5. The second-order valence-electron chi connectivity index (χ2n) is 6.98. The molecular formula is C20H21N7O. The number of fused-ring (bicyclic) bond motifs is 3. The van der Waals surface area contributed by atoms with Gasteiger partial charge < -0.3 is 10.1 Å². The first-order chi connectivity index (χ1) is 13.8. The second-order valence-corrected chi connectivity index (χ2v) is 6.98. The summed E-state index contributed by atoms with van der Waals surface area (Å²) in [5, 5.41) is 8.73. The molecule has 0 saturated carbocycles. The molecule has 1 fully saturated rings. The van der Waals surface area contributed by atoms with Crippen molar-refractivity contribution in [3.05, 3.63) is 54.1 Å². The van der Waals surface area contributed by atoms with E-state index >= 15 is 0 Å². The lowest BCUT2D eigenvalue weighted by molar-refractivity contribution is 0.136. The molecule has 4 aromatic rings. The summed E-state index contributed by atoms with van der Waals surface area (Å²) in [7, 11) is 3.48. The molecule has 1 aliphatic rings. The van der Waals surface area contributed by atoms with Crippen molar-refractivity contribution in [2.45, 2.75) is 12.5 Å². The predicted octanol–water partition coefficient (Wildman–Crippen LogP) is 2.32. The summed E-state index contributed by atoms with van der Waals surface area (Å²) in [6.45, 7) is 2.73. The Balaban J connectivity index is 1.44. The third kappa shape index (κ3) is 2.73. The minimum absolute atomic E-state index is 0.555. The first-order valence-corrected chi connectivity index (χ1v) is 9.29. The second kappa shape index (κ2) is 6.72. The molecular weight excluding hydrogens is 354 g/mol. The Morgan fingerprint density at radius 1 is 1.14 bits per heavy atom. The number of anilines is 1. The van der Waals surface area contributed by atoms with Crippen LogP contribution in [-0.4, -0.2) is 56.7 Å². The van der Waals surface area contributed by atoms with Crippen LogP contribution in [0.3, 0.4) is 0 Å². The third-order valence-corrected chi connectivity index (χ3v) is 5.25. The van der Waals surface area contributed by atoms with Gasteiger partial charge in [-0.15, -0.1) is 5.10 Å². The third-order valence-electron chi connectivity index (χ3n) is 5.25. The minimum Gasteiger partial charge on any atom is -0.494 e. The molecule has 0 atom stereocenters. The molecule has 1 saturated heterocycles. The van der Waals surface area contributed by atoms with Crippen molar-refractivity contribution < 1.29 is 4.74 Å². The minimum atomic E-state index is 0.555. The Labute approximate surface area is 162 Å². The van der Waals surface area contributed by atoms with Gasteiger partial charge in [-0.2, -0.15) is 4.52 Å². The SMILES string of the molecule is CNc1nc2c(OC)cccc2c2nc(CN3CC(c4ccncc4)C3)nn12. The summed E-state index contributed by atoms with van der Waals surface area (Å²) in [4.78, 5) is 15.9. The first kappa shape index (κ1) is 16.9. The van der Waals surface area contributed by atoms with E-state index in [2.05, 4.69) is 32.3 Å². The summed E-state index contributed by atoms with van der Waals surface area (Å²) in [5.41, 5.74) is 2.91. The van der Waals surface area contributed by atoms with Gasteiger partial charge in [0.2, 0.25) is 5.95 Å². The number of hydrogen-bond acceptors (Lipinski definition) is 7. The van der Waals surface area contributed by atoms with Gasteiger partial charge in [0.15, 0.2) is 11.5 Å². The molecule has 5 rings (SSSR count). The number of aromatic nitrogens is 5. The van der Waals surface area contributed by atoms with Crippen LogP contribution in [0.1, 0.15) is 17.3 Å². The van der Waals surface area contributed by atoms with E-state index in [9.17, 15) is 0 Å². The fraction of sp³-hybridized carbons (Fsp3) is 0.300. The van der Waals surface area contributed by atoms with Crippen molar-refractivity contribution in [2.75, 3.05) is 32.6 Å². The van der Waals surface area contributed by atoms with Gasteiger partial charge in [0, 0.05) is 43.8 Å². The number of likely N-dealkylation sites (tertiary alicyclic amines) is 1. The van der Waals surface area contributed by atoms with E-state index < -0.39 is 0 Å². The maximum Gasteiger partial charge on any atom is 0.226 e. The summed E-state index contributed by atoms with van der Waals surface area (Å²) in [5.74, 6) is 2.72. The van der Waals surface area contributed by atoms with Crippen LogP contribution in [0, 0.1) is 0 Å². The standard InChI is InChI=1S/C20H21N7O/c1-21-20-24-18-15(4-3-5-16(18)28-2)19-23-17(25-27(19)20)12-26-10-14(11-26)13-6-8-22-9-7-13/h3-9,14H,10-12H2,1-2H3,(H,21,24). The predicted molar refractivity (Wildman–Crippen MR) is 107 cm³/mol. The number of benzene rings is 1. The molecule has 0 amide bonds. The van der Waals surface area contributed by atoms with Crippen LogP contribution in [0.25, 0.3) is 16.6 Å². The largest absolute Gasteiger partial charge is 0.494 e. The van der Waals surface area contributed by atoms with E-state index in [-0.39, 0.29) is 0 Å². The van der Waals surface area contributed by atoms with E-state index in [1.165, 1.54) is 5.56 Å². The Bertz CT molecular complexity index is 1140. The molecule has 3 aromatic heterocycles. The number of ether oxygens (including phenoxy) is 1. The number of hydrogen-bond donors (Lipinski definition) is 1. The van der Waals surface area contributed by atoms with Crippen LogP contribution >= 0.6 is 0 Å². The molecule has 4 heterocycles. The zero-order chi connectivity index (χ0) is 19.1. The normalized spacial score (nSPS) is 15.1. The van der Waals surface area contributed by atoms with Crippen LogP contribution < -0.4 is 10.1 Å². The smallest absolute Gasteiger partial charge is 0.226 e. The summed E-state index contributed by atoms with van der Waals surface area (Å²) >= 11 is 0. The maximum atomic E-state index is 5.47. The summed E-state index contributed by atoms with van der Waals surface area (Å²) in [6.07, 6.45) is 3.71. The van der Waals surface area contributed by atoms with Crippen LogP contribution in [0.15, 0.2) is 42.7 Å². The highest BCUT2D eigenvalue weighted by molar-refractivity contribution is 5.95. The Hall–Kier alpha value is -3.26. The van der Waals surface area contributed by atoms with E-state index in [1.807, 2.05) is 37.6 Å². The van der Waals surface area contributed by atoms with Crippen molar-refractivity contribution in [1.29, 1.82) is 0 Å². The Morgan fingerprint density at radius 2 is 1.96 bits per heavy atom. The number of nitrogens with zero attached hydrogens (tertiary/aromatic N) is 6.